The van der Waals surface area contributed by atoms with Crippen molar-refractivity contribution in [2.75, 3.05) is 0 Å². The van der Waals surface area contributed by atoms with Crippen LogP contribution in [0.3, 0.4) is 0 Å². The number of aromatic nitrogens is 1. The van der Waals surface area contributed by atoms with Gasteiger partial charge in [0.25, 0.3) is 0 Å². The molecule has 6 heteroatoms. The molecular weight excluding hydrogens is 264 g/mol. The van der Waals surface area contributed by atoms with E-state index in [0.717, 1.165) is 11.1 Å². The van der Waals surface area contributed by atoms with Gasteiger partial charge in [0.15, 0.2) is 5.76 Å². The molecule has 0 bridgehead atoms. The van der Waals surface area contributed by atoms with E-state index >= 15 is 0 Å². The van der Waals surface area contributed by atoms with Gasteiger partial charge >= 0.3 is 0 Å². The monoisotopic (exact) mass is 280 g/mol. The fraction of sp³-hybridized carbons (Fsp3) is 0.308. The Labute approximate surface area is 112 Å². The summed E-state index contributed by atoms with van der Waals surface area (Å²) in [5.41, 5.74) is 2.37. The van der Waals surface area contributed by atoms with E-state index in [2.05, 4.69) is 9.88 Å². The lowest BCUT2D eigenvalue weighted by molar-refractivity contribution is 0.390. The highest BCUT2D eigenvalue weighted by Gasteiger charge is 2.23. The first-order valence-electron chi connectivity index (χ1n) is 5.88. The molecule has 102 valence electrons. The maximum absolute atomic E-state index is 12.2. The zero-order valence-electron chi connectivity index (χ0n) is 11.1. The van der Waals surface area contributed by atoms with Crippen molar-refractivity contribution in [3.8, 4) is 0 Å². The van der Waals surface area contributed by atoms with E-state index in [9.17, 15) is 8.42 Å². The molecule has 0 aliphatic rings. The summed E-state index contributed by atoms with van der Waals surface area (Å²) in [6.07, 6.45) is 0. The predicted molar refractivity (Wildman–Crippen MR) is 71.2 cm³/mol. The quantitative estimate of drug-likeness (QED) is 0.930. The molecular formula is C13H16N2O3S. The van der Waals surface area contributed by atoms with E-state index < -0.39 is 10.0 Å². The second-order valence-corrected chi connectivity index (χ2v) is 6.17. The van der Waals surface area contributed by atoms with Crippen LogP contribution in [0.4, 0.5) is 0 Å². The van der Waals surface area contributed by atoms with Gasteiger partial charge in [0, 0.05) is 6.54 Å². The molecule has 1 heterocycles. The van der Waals surface area contributed by atoms with Gasteiger partial charge in [0.05, 0.1) is 0 Å². The SMILES string of the molecule is Cc1cccc(CNS(=O)(=O)c2c(C)noc2C)c1. The molecule has 0 unspecified atom stereocenters. The highest BCUT2D eigenvalue weighted by atomic mass is 32.2. The van der Waals surface area contributed by atoms with E-state index in [-0.39, 0.29) is 11.4 Å². The normalized spacial score (nSPS) is 11.7. The molecule has 0 aliphatic carbocycles. The van der Waals surface area contributed by atoms with E-state index in [4.69, 9.17) is 4.52 Å². The third-order valence-electron chi connectivity index (χ3n) is 2.79. The summed E-state index contributed by atoms with van der Waals surface area (Å²) in [5, 5.41) is 3.66. The van der Waals surface area contributed by atoms with Gasteiger partial charge in [-0.1, -0.05) is 35.0 Å². The maximum atomic E-state index is 12.2. The Kier molecular flexibility index (Phi) is 3.73. The summed E-state index contributed by atoms with van der Waals surface area (Å²) in [7, 11) is -3.60. The molecule has 0 aliphatic heterocycles. The second kappa shape index (κ2) is 5.14. The smallest absolute Gasteiger partial charge is 0.246 e. The first-order chi connectivity index (χ1) is 8.90. The molecule has 5 nitrogen and oxygen atoms in total. The van der Waals surface area contributed by atoms with E-state index in [1.165, 1.54) is 0 Å². The lowest BCUT2D eigenvalue weighted by Gasteiger charge is -2.06. The molecule has 2 aromatic rings. The molecule has 0 saturated carbocycles. The number of benzene rings is 1. The van der Waals surface area contributed by atoms with Crippen LogP contribution in [0.25, 0.3) is 0 Å². The van der Waals surface area contributed by atoms with E-state index in [1.807, 2.05) is 31.2 Å². The fourth-order valence-electron chi connectivity index (χ4n) is 1.93. The third kappa shape index (κ3) is 3.02. The zero-order chi connectivity index (χ0) is 14.0. The minimum Gasteiger partial charge on any atom is -0.360 e. The van der Waals surface area contributed by atoms with Gasteiger partial charge in [0.2, 0.25) is 10.0 Å². The van der Waals surface area contributed by atoms with Crippen LogP contribution in [0.2, 0.25) is 0 Å². The van der Waals surface area contributed by atoms with Gasteiger partial charge in [-0.2, -0.15) is 0 Å². The number of hydrogen-bond acceptors (Lipinski definition) is 4. The molecule has 0 spiro atoms. The van der Waals surface area contributed by atoms with Crippen molar-refractivity contribution in [1.82, 2.24) is 9.88 Å². The molecule has 0 radical (unpaired) electrons. The standard InChI is InChI=1S/C13H16N2O3S/c1-9-5-4-6-12(7-9)8-14-19(16,17)13-10(2)15-18-11(13)3/h4-7,14H,8H2,1-3H3. The van der Waals surface area contributed by atoms with Crippen LogP contribution in [-0.2, 0) is 16.6 Å². The molecule has 1 N–H and O–H groups in total. The largest absolute Gasteiger partial charge is 0.360 e. The van der Waals surface area contributed by atoms with Gasteiger partial charge in [0.1, 0.15) is 10.6 Å². The van der Waals surface area contributed by atoms with Crippen LogP contribution in [0.1, 0.15) is 22.6 Å². The van der Waals surface area contributed by atoms with Crippen LogP contribution >= 0.6 is 0 Å². The topological polar surface area (TPSA) is 72.2 Å². The zero-order valence-corrected chi connectivity index (χ0v) is 11.9. The fourth-order valence-corrected chi connectivity index (χ4v) is 3.27. The summed E-state index contributed by atoms with van der Waals surface area (Å²) in [5.74, 6) is 0.300. The van der Waals surface area contributed by atoms with Crippen molar-refractivity contribution < 1.29 is 12.9 Å². The van der Waals surface area contributed by atoms with Gasteiger partial charge in [-0.15, -0.1) is 0 Å². The summed E-state index contributed by atoms with van der Waals surface area (Å²) >= 11 is 0. The molecule has 0 saturated heterocycles. The Morgan fingerprint density at radius 1 is 1.26 bits per heavy atom. The molecule has 1 aromatic heterocycles. The average Bonchev–Trinajstić information content (AvgIpc) is 2.67. The summed E-state index contributed by atoms with van der Waals surface area (Å²) in [6, 6.07) is 7.68. The van der Waals surface area contributed by atoms with Crippen molar-refractivity contribution in [2.24, 2.45) is 0 Å². The van der Waals surface area contributed by atoms with Crippen molar-refractivity contribution in [3.05, 3.63) is 46.8 Å². The van der Waals surface area contributed by atoms with Gasteiger partial charge in [-0.25, -0.2) is 13.1 Å². The molecule has 0 amide bonds. The first-order valence-corrected chi connectivity index (χ1v) is 7.36. The van der Waals surface area contributed by atoms with E-state index in [1.54, 1.807) is 13.8 Å². The second-order valence-electron chi connectivity index (χ2n) is 4.47. The van der Waals surface area contributed by atoms with Crippen molar-refractivity contribution in [1.29, 1.82) is 0 Å². The van der Waals surface area contributed by atoms with Gasteiger partial charge in [-0.05, 0) is 26.3 Å². The number of hydrogen-bond donors (Lipinski definition) is 1. The molecule has 0 fully saturated rings. The summed E-state index contributed by atoms with van der Waals surface area (Å²) in [6.45, 7) is 5.40. The van der Waals surface area contributed by atoms with Crippen molar-refractivity contribution >= 4 is 10.0 Å². The summed E-state index contributed by atoms with van der Waals surface area (Å²) in [4.78, 5) is 0.125. The van der Waals surface area contributed by atoms with Crippen LogP contribution in [0, 0.1) is 20.8 Å². The van der Waals surface area contributed by atoms with Crippen LogP contribution in [0.5, 0.6) is 0 Å². The van der Waals surface area contributed by atoms with Crippen LogP contribution < -0.4 is 4.72 Å². The van der Waals surface area contributed by atoms with Crippen molar-refractivity contribution in [3.63, 3.8) is 0 Å². The molecule has 19 heavy (non-hydrogen) atoms. The summed E-state index contributed by atoms with van der Waals surface area (Å²) < 4.78 is 31.8. The maximum Gasteiger partial charge on any atom is 0.246 e. The highest BCUT2D eigenvalue weighted by Crippen LogP contribution is 2.18. The third-order valence-corrected chi connectivity index (χ3v) is 4.43. The minimum absolute atomic E-state index is 0.125. The number of nitrogens with one attached hydrogen (secondary N) is 1. The van der Waals surface area contributed by atoms with Gasteiger partial charge < -0.3 is 4.52 Å². The Morgan fingerprint density at radius 2 is 2.00 bits per heavy atom. The number of aryl methyl sites for hydroxylation is 3. The van der Waals surface area contributed by atoms with Crippen molar-refractivity contribution in [2.45, 2.75) is 32.2 Å². The number of nitrogens with zero attached hydrogens (tertiary/aromatic N) is 1. The van der Waals surface area contributed by atoms with Crippen LogP contribution in [0.15, 0.2) is 33.7 Å². The van der Waals surface area contributed by atoms with Gasteiger partial charge in [-0.3, -0.25) is 0 Å². The lowest BCUT2D eigenvalue weighted by atomic mass is 10.1. The molecule has 0 atom stereocenters. The number of sulfonamides is 1. The number of rotatable bonds is 4. The highest BCUT2D eigenvalue weighted by molar-refractivity contribution is 7.89. The Morgan fingerprint density at radius 3 is 2.58 bits per heavy atom. The first kappa shape index (κ1) is 13.8. The Bertz CT molecular complexity index is 670. The molecule has 2 rings (SSSR count). The lowest BCUT2D eigenvalue weighted by Crippen LogP contribution is -2.24. The van der Waals surface area contributed by atoms with Crippen LogP contribution in [-0.4, -0.2) is 13.6 Å². The Hall–Kier alpha value is -1.66. The molecule has 1 aromatic carbocycles. The van der Waals surface area contributed by atoms with E-state index in [0.29, 0.717) is 11.5 Å². The Balaban J connectivity index is 2.19. The predicted octanol–water partition coefficient (Wildman–Crippen LogP) is 2.08. The average molecular weight is 280 g/mol. The minimum atomic E-state index is -3.60.